The third-order valence-corrected chi connectivity index (χ3v) is 3.42. The normalized spacial score (nSPS) is 13.5. The summed E-state index contributed by atoms with van der Waals surface area (Å²) in [5.74, 6) is 1.05. The van der Waals surface area contributed by atoms with Gasteiger partial charge in [-0.3, -0.25) is 4.90 Å². The highest BCUT2D eigenvalue weighted by Gasteiger charge is 2.21. The monoisotopic (exact) mass is 319 g/mol. The van der Waals surface area contributed by atoms with Crippen LogP contribution in [0.1, 0.15) is 44.2 Å². The molecule has 1 unspecified atom stereocenters. The summed E-state index contributed by atoms with van der Waals surface area (Å²) in [5.41, 5.74) is 0.360. The summed E-state index contributed by atoms with van der Waals surface area (Å²) in [6.07, 6.45) is -0.204. The summed E-state index contributed by atoms with van der Waals surface area (Å²) in [4.78, 5) is 6.45. The third kappa shape index (κ3) is 5.74. The van der Waals surface area contributed by atoms with Crippen LogP contribution in [0.25, 0.3) is 0 Å². The van der Waals surface area contributed by atoms with E-state index in [-0.39, 0.29) is 6.10 Å². The van der Waals surface area contributed by atoms with Gasteiger partial charge in [-0.15, -0.1) is 0 Å². The molecule has 1 atom stereocenters. The third-order valence-electron chi connectivity index (χ3n) is 3.42. The van der Waals surface area contributed by atoms with Crippen LogP contribution in [0.4, 0.5) is 0 Å². The molecule has 0 aliphatic rings. The molecule has 0 saturated heterocycles. The van der Waals surface area contributed by atoms with Crippen molar-refractivity contribution in [3.63, 3.8) is 0 Å². The standard InChI is InChI=1S/C17H25N3O3/c1-13(22-4)16-18-15(23-19-16)11-20(12-17(2,3)21)10-14-8-6-5-7-9-14/h5-9,13,21H,10-12H2,1-4H3. The van der Waals surface area contributed by atoms with Gasteiger partial charge < -0.3 is 14.4 Å². The zero-order valence-corrected chi connectivity index (χ0v) is 14.2. The Balaban J connectivity index is 2.09. The minimum Gasteiger partial charge on any atom is -0.389 e. The molecule has 23 heavy (non-hydrogen) atoms. The molecule has 0 aliphatic carbocycles. The van der Waals surface area contributed by atoms with E-state index in [9.17, 15) is 5.11 Å². The van der Waals surface area contributed by atoms with Gasteiger partial charge in [0.05, 0.1) is 12.1 Å². The first-order valence-corrected chi connectivity index (χ1v) is 7.71. The summed E-state index contributed by atoms with van der Waals surface area (Å²) in [6.45, 7) is 7.12. The van der Waals surface area contributed by atoms with Gasteiger partial charge in [-0.25, -0.2) is 0 Å². The van der Waals surface area contributed by atoms with Crippen LogP contribution >= 0.6 is 0 Å². The van der Waals surface area contributed by atoms with Crippen LogP contribution in [0, 0.1) is 0 Å². The highest BCUT2D eigenvalue weighted by Crippen LogP contribution is 2.16. The average Bonchev–Trinajstić information content (AvgIpc) is 2.94. The zero-order valence-electron chi connectivity index (χ0n) is 14.2. The molecule has 6 heteroatoms. The van der Waals surface area contributed by atoms with Crippen molar-refractivity contribution < 1.29 is 14.4 Å². The Hall–Kier alpha value is -1.76. The first kappa shape index (κ1) is 17.6. The number of methoxy groups -OCH3 is 1. The van der Waals surface area contributed by atoms with Gasteiger partial charge in [0.25, 0.3) is 0 Å². The molecule has 0 aliphatic heterocycles. The molecule has 0 spiro atoms. The maximum atomic E-state index is 10.1. The van der Waals surface area contributed by atoms with Gasteiger partial charge in [0, 0.05) is 20.2 Å². The van der Waals surface area contributed by atoms with E-state index in [4.69, 9.17) is 9.26 Å². The molecule has 1 heterocycles. The van der Waals surface area contributed by atoms with E-state index in [1.54, 1.807) is 21.0 Å². The Labute approximate surface area is 137 Å². The van der Waals surface area contributed by atoms with E-state index in [0.717, 1.165) is 0 Å². The van der Waals surface area contributed by atoms with Crippen molar-refractivity contribution in [2.24, 2.45) is 0 Å². The summed E-state index contributed by atoms with van der Waals surface area (Å²) in [5, 5.41) is 14.1. The maximum Gasteiger partial charge on any atom is 0.240 e. The fourth-order valence-electron chi connectivity index (χ4n) is 2.35. The van der Waals surface area contributed by atoms with Crippen molar-refractivity contribution in [2.75, 3.05) is 13.7 Å². The second-order valence-corrected chi connectivity index (χ2v) is 6.37. The van der Waals surface area contributed by atoms with Gasteiger partial charge in [0.2, 0.25) is 5.89 Å². The van der Waals surface area contributed by atoms with Crippen LogP contribution in [0.15, 0.2) is 34.9 Å². The largest absolute Gasteiger partial charge is 0.389 e. The zero-order chi connectivity index (χ0) is 16.9. The molecule has 1 aromatic heterocycles. The summed E-state index contributed by atoms with van der Waals surface area (Å²) >= 11 is 0. The smallest absolute Gasteiger partial charge is 0.240 e. The topological polar surface area (TPSA) is 71.6 Å². The van der Waals surface area contributed by atoms with Crippen molar-refractivity contribution in [1.29, 1.82) is 0 Å². The van der Waals surface area contributed by atoms with Gasteiger partial charge in [-0.05, 0) is 26.3 Å². The molecule has 0 saturated carbocycles. The van der Waals surface area contributed by atoms with Crippen LogP contribution in [-0.4, -0.2) is 39.4 Å². The number of nitrogens with zero attached hydrogens (tertiary/aromatic N) is 3. The van der Waals surface area contributed by atoms with Crippen LogP contribution in [-0.2, 0) is 17.8 Å². The van der Waals surface area contributed by atoms with Crippen molar-refractivity contribution in [3.05, 3.63) is 47.6 Å². The lowest BCUT2D eigenvalue weighted by Gasteiger charge is -2.27. The molecular formula is C17H25N3O3. The Morgan fingerprint density at radius 2 is 1.96 bits per heavy atom. The first-order chi connectivity index (χ1) is 10.9. The van der Waals surface area contributed by atoms with E-state index in [1.807, 2.05) is 25.1 Å². The average molecular weight is 319 g/mol. The number of benzene rings is 1. The van der Waals surface area contributed by atoms with Crippen molar-refractivity contribution >= 4 is 0 Å². The van der Waals surface area contributed by atoms with Gasteiger partial charge in [-0.2, -0.15) is 4.98 Å². The van der Waals surface area contributed by atoms with Gasteiger partial charge in [0.15, 0.2) is 5.82 Å². The number of rotatable bonds is 8. The van der Waals surface area contributed by atoms with Crippen LogP contribution in [0.2, 0.25) is 0 Å². The van der Waals surface area contributed by atoms with Crippen LogP contribution in [0.3, 0.4) is 0 Å². The Morgan fingerprint density at radius 3 is 2.57 bits per heavy atom. The molecule has 126 valence electrons. The van der Waals surface area contributed by atoms with Crippen molar-refractivity contribution in [3.8, 4) is 0 Å². The summed E-state index contributed by atoms with van der Waals surface area (Å²) < 4.78 is 10.5. The first-order valence-electron chi connectivity index (χ1n) is 7.71. The molecule has 2 rings (SSSR count). The number of ether oxygens (including phenoxy) is 1. The highest BCUT2D eigenvalue weighted by atomic mass is 16.5. The molecule has 1 N–H and O–H groups in total. The minimum atomic E-state index is -0.808. The lowest BCUT2D eigenvalue weighted by molar-refractivity contribution is 0.0273. The van der Waals surface area contributed by atoms with E-state index >= 15 is 0 Å². The number of aromatic nitrogens is 2. The molecule has 0 bridgehead atoms. The van der Waals surface area contributed by atoms with E-state index < -0.39 is 5.60 Å². The Bertz CT molecular complexity index is 593. The van der Waals surface area contributed by atoms with Crippen LogP contribution < -0.4 is 0 Å². The van der Waals surface area contributed by atoms with E-state index in [0.29, 0.717) is 31.3 Å². The van der Waals surface area contributed by atoms with Gasteiger partial charge in [0.1, 0.15) is 6.10 Å². The minimum absolute atomic E-state index is 0.204. The predicted octanol–water partition coefficient (Wildman–Crippen LogP) is 2.55. The summed E-state index contributed by atoms with van der Waals surface area (Å²) in [6, 6.07) is 10.1. The molecule has 0 radical (unpaired) electrons. The van der Waals surface area contributed by atoms with Gasteiger partial charge >= 0.3 is 0 Å². The lowest BCUT2D eigenvalue weighted by atomic mass is 10.1. The van der Waals surface area contributed by atoms with Gasteiger partial charge in [-0.1, -0.05) is 35.5 Å². The lowest BCUT2D eigenvalue weighted by Crippen LogP contribution is -2.38. The quantitative estimate of drug-likeness (QED) is 0.806. The molecule has 1 aromatic carbocycles. The molecule has 6 nitrogen and oxygen atoms in total. The second-order valence-electron chi connectivity index (χ2n) is 6.37. The molecule has 0 amide bonds. The van der Waals surface area contributed by atoms with Crippen molar-refractivity contribution in [2.45, 2.75) is 45.6 Å². The Kier molecular flexibility index (Phi) is 5.87. The molecular weight excluding hydrogens is 294 g/mol. The second kappa shape index (κ2) is 7.68. The fourth-order valence-corrected chi connectivity index (χ4v) is 2.35. The number of hydrogen-bond donors (Lipinski definition) is 1. The number of aliphatic hydroxyl groups is 1. The SMILES string of the molecule is COC(C)c1noc(CN(Cc2ccccc2)CC(C)(C)O)n1. The van der Waals surface area contributed by atoms with Crippen molar-refractivity contribution in [1.82, 2.24) is 15.0 Å². The molecule has 2 aromatic rings. The van der Waals surface area contributed by atoms with E-state index in [2.05, 4.69) is 27.2 Å². The summed E-state index contributed by atoms with van der Waals surface area (Å²) in [7, 11) is 1.61. The maximum absolute atomic E-state index is 10.1. The predicted molar refractivity (Wildman–Crippen MR) is 86.6 cm³/mol. The number of hydrogen-bond acceptors (Lipinski definition) is 6. The molecule has 0 fully saturated rings. The fraction of sp³-hybridized carbons (Fsp3) is 0.529. The van der Waals surface area contributed by atoms with E-state index in [1.165, 1.54) is 5.56 Å². The Morgan fingerprint density at radius 1 is 1.26 bits per heavy atom. The highest BCUT2D eigenvalue weighted by molar-refractivity contribution is 5.14. The van der Waals surface area contributed by atoms with Crippen LogP contribution in [0.5, 0.6) is 0 Å².